The van der Waals surface area contributed by atoms with Crippen molar-refractivity contribution < 1.29 is 83.2 Å². The normalized spacial score (nSPS) is 24.8. The van der Waals surface area contributed by atoms with Crippen molar-refractivity contribution in [3.8, 4) is 0 Å². The number of nitrogens with zero attached hydrogens (tertiary/aromatic N) is 6. The van der Waals surface area contributed by atoms with E-state index in [4.69, 9.17) is 36.8 Å². The predicted octanol–water partition coefficient (Wildman–Crippen LogP) is 3.18. The van der Waals surface area contributed by atoms with E-state index in [2.05, 4.69) is 77.2 Å². The zero-order chi connectivity index (χ0) is 54.3. The van der Waals surface area contributed by atoms with Gasteiger partial charge in [0, 0.05) is 37.4 Å². The molecule has 0 unspecified atom stereocenters. The van der Waals surface area contributed by atoms with Gasteiger partial charge in [0.25, 0.3) is 0 Å². The van der Waals surface area contributed by atoms with Gasteiger partial charge in [-0.2, -0.15) is 0 Å². The lowest BCUT2D eigenvalue weighted by Crippen LogP contribution is -2.61. The third-order valence-electron chi connectivity index (χ3n) is 15.5. The fourth-order valence-electron chi connectivity index (χ4n) is 9.77. The molecule has 0 radical (unpaired) electrons. The highest BCUT2D eigenvalue weighted by molar-refractivity contribution is 6.60. The molecule has 0 aliphatic carbocycles. The van der Waals surface area contributed by atoms with Gasteiger partial charge in [-0.3, -0.25) is 0 Å². The van der Waals surface area contributed by atoms with Gasteiger partial charge in [-0.1, -0.05) is 40.0 Å². The number of hydrogen-bond donors (Lipinski definition) is 6. The lowest BCUT2D eigenvalue weighted by molar-refractivity contribution is -0.912. The molecule has 2 bridgehead atoms. The molecule has 0 aromatic carbocycles. The average Bonchev–Trinajstić information content (AvgIpc) is 3.25. The fourth-order valence-corrected chi connectivity index (χ4v) is 15.2. The van der Waals surface area contributed by atoms with Crippen LogP contribution < -0.4 is 0 Å². The molecule has 0 spiro atoms. The monoisotopic (exact) mass is 1090 g/mol. The number of hydrogen-bond acceptors (Lipinski definition) is 12. The number of rotatable bonds is 34. The summed E-state index contributed by atoms with van der Waals surface area (Å²) in [6, 6.07) is 1.94. The smallest absolute Gasteiger partial charge is 0.391 e. The Bertz CT molecular complexity index is 1330. The van der Waals surface area contributed by atoms with Crippen molar-refractivity contribution in [1.82, 2.24) is 0 Å². The minimum absolute atomic E-state index is 0.0301. The quantitative estimate of drug-likeness (QED) is 0.0316. The second kappa shape index (κ2) is 35.4. The summed E-state index contributed by atoms with van der Waals surface area (Å²) in [4.78, 5) is 31.0. The Morgan fingerprint density at radius 2 is 0.875 bits per heavy atom. The van der Waals surface area contributed by atoms with Gasteiger partial charge < -0.3 is 83.2 Å². The van der Waals surface area contributed by atoms with Gasteiger partial charge in [0.2, 0.25) is 0 Å². The Hall–Kier alpha value is -0.0694. The summed E-state index contributed by atoms with van der Waals surface area (Å²) in [5, 5.41) is 27.4. The van der Waals surface area contributed by atoms with Crippen molar-refractivity contribution in [3.63, 3.8) is 0 Å². The summed E-state index contributed by atoms with van der Waals surface area (Å²) in [7, 11) is 10.8. The minimum Gasteiger partial charge on any atom is -0.391 e. The Morgan fingerprint density at radius 1 is 0.486 bits per heavy atom. The van der Waals surface area contributed by atoms with Crippen LogP contribution in [0.2, 0.25) is 18.1 Å². The number of unbranched alkanes of at least 4 members (excludes halogenated alkanes) is 6. The molecule has 4 aliphatic rings. The molecule has 21 heteroatoms. The van der Waals surface area contributed by atoms with Crippen LogP contribution in [-0.4, -0.2) is 304 Å². The number of aliphatic hydroxyl groups excluding tert-OH is 3. The largest absolute Gasteiger partial charge is 0.501 e. The summed E-state index contributed by atoms with van der Waals surface area (Å²) in [5.41, 5.74) is 0. The van der Waals surface area contributed by atoms with E-state index >= 15 is 0 Å². The standard InChI is InChI=1S/C17H42N2O5Si.C17H40N2O4Si.C17H38N2O3Si/c1-5-6-7-9-18(2,3)10-8-17-25(22,23)24-16-13-19(4,11-14-20)12-15-21;1-5-6-7-9-18(2,3)10-8-17-24(21)22-15-12-19(4,11-14-20)13-16-23-24;1-5-6-7-9-18(2,3)10-8-17-23-20-14-11-19(4,12-15-21-23)13-16-22-23/h20-23H,5-17H2,1-4H3;20-21H,5-17H2,1-4H3;5-17H2,1-4H3/q3*+2. The lowest BCUT2D eigenvalue weighted by Gasteiger charge is -2.43. The molecular formula is C51H120N6O12Si3+6. The first-order valence-corrected chi connectivity index (χ1v) is 34.4. The molecule has 6 N–H and O–H groups in total. The molecule has 0 aromatic rings. The first-order valence-electron chi connectivity index (χ1n) is 28.5. The summed E-state index contributed by atoms with van der Waals surface area (Å²) in [6.45, 7) is 24.4. The fraction of sp³-hybridized carbons (Fsp3) is 1.00. The molecule has 4 rings (SSSR count). The van der Waals surface area contributed by atoms with Gasteiger partial charge in [-0.05, 0) is 38.5 Å². The molecule has 4 saturated heterocycles. The third kappa shape index (κ3) is 32.0. The van der Waals surface area contributed by atoms with Crippen molar-refractivity contribution in [3.05, 3.63) is 0 Å². The topological polar surface area (TPSA) is 177 Å². The number of fused-ring (bicyclic) bond motifs is 6. The highest BCUT2D eigenvalue weighted by Gasteiger charge is 2.47. The van der Waals surface area contributed by atoms with E-state index in [1.165, 1.54) is 77.4 Å². The van der Waals surface area contributed by atoms with E-state index < -0.39 is 26.4 Å². The van der Waals surface area contributed by atoms with Crippen LogP contribution in [0.3, 0.4) is 0 Å². The Kier molecular flexibility index (Phi) is 34.4. The maximum Gasteiger partial charge on any atom is 0.501 e. The van der Waals surface area contributed by atoms with Gasteiger partial charge in [-0.25, -0.2) is 0 Å². The maximum atomic E-state index is 10.7. The molecule has 72 heavy (non-hydrogen) atoms. The SMILES string of the molecule is CCCCC[N+](C)(C)CCC[Si](O)(O)OCC[N+](C)(CCO)CCO.CCCCC[N+](C)(C)CCC[Si]1(O)OCC[N+](C)(CCO)CCO1.CCCCC[N+](C)(C)CCC[Si]12OCC[N+](C)(CCO1)CCO2. The summed E-state index contributed by atoms with van der Waals surface area (Å²) in [6.07, 6.45) is 14.2. The minimum atomic E-state index is -3.63. The summed E-state index contributed by atoms with van der Waals surface area (Å²) in [5.74, 6) is 0. The van der Waals surface area contributed by atoms with Crippen LogP contribution in [-0.2, 0) is 26.6 Å². The van der Waals surface area contributed by atoms with Crippen LogP contribution in [0, 0.1) is 0 Å². The first-order chi connectivity index (χ1) is 33.7. The Balaban J connectivity index is 0.000000540. The second-order valence-corrected chi connectivity index (χ2v) is 31.9. The molecule has 0 aromatic heterocycles. The van der Waals surface area contributed by atoms with E-state index in [1.807, 2.05) is 7.05 Å². The Morgan fingerprint density at radius 3 is 1.28 bits per heavy atom. The van der Waals surface area contributed by atoms with E-state index in [1.54, 1.807) is 0 Å². The van der Waals surface area contributed by atoms with Crippen molar-refractivity contribution in [2.24, 2.45) is 0 Å². The number of aliphatic hydroxyl groups is 3. The highest BCUT2D eigenvalue weighted by atomic mass is 28.4. The predicted molar refractivity (Wildman–Crippen MR) is 296 cm³/mol. The van der Waals surface area contributed by atoms with Crippen molar-refractivity contribution in [2.45, 2.75) is 116 Å². The maximum absolute atomic E-state index is 10.7. The van der Waals surface area contributed by atoms with E-state index in [-0.39, 0.29) is 26.4 Å². The molecular weight excluding hydrogens is 973 g/mol. The van der Waals surface area contributed by atoms with Crippen LogP contribution in [0.25, 0.3) is 0 Å². The second-order valence-electron chi connectivity index (χ2n) is 24.4. The van der Waals surface area contributed by atoms with Crippen LogP contribution in [0.5, 0.6) is 0 Å². The molecule has 0 atom stereocenters. The van der Waals surface area contributed by atoms with Gasteiger partial charge in [0.05, 0.1) is 162 Å². The molecule has 432 valence electrons. The van der Waals surface area contributed by atoms with Crippen molar-refractivity contribution in [2.75, 3.05) is 221 Å². The molecule has 0 amide bonds. The van der Waals surface area contributed by atoms with E-state index in [0.717, 1.165) is 120 Å². The molecule has 4 fully saturated rings. The number of likely N-dealkylation sites (N-methyl/N-ethyl adjacent to an activating group) is 3. The van der Waals surface area contributed by atoms with Gasteiger partial charge >= 0.3 is 26.4 Å². The zero-order valence-electron chi connectivity index (χ0n) is 48.9. The Labute approximate surface area is 444 Å². The van der Waals surface area contributed by atoms with Crippen LogP contribution in [0.15, 0.2) is 0 Å². The summed E-state index contributed by atoms with van der Waals surface area (Å²) < 4.78 is 40.8. The summed E-state index contributed by atoms with van der Waals surface area (Å²) >= 11 is 0. The van der Waals surface area contributed by atoms with Crippen molar-refractivity contribution >= 4 is 26.4 Å². The molecule has 4 heterocycles. The van der Waals surface area contributed by atoms with Gasteiger partial charge in [0.1, 0.15) is 58.9 Å². The van der Waals surface area contributed by atoms with Gasteiger partial charge in [-0.15, -0.1) is 0 Å². The van der Waals surface area contributed by atoms with Crippen LogP contribution >= 0.6 is 0 Å². The van der Waals surface area contributed by atoms with E-state index in [0.29, 0.717) is 56.0 Å². The highest BCUT2D eigenvalue weighted by Crippen LogP contribution is 2.25. The van der Waals surface area contributed by atoms with Crippen LogP contribution in [0.4, 0.5) is 0 Å². The molecule has 4 aliphatic heterocycles. The average molecular weight is 1090 g/mol. The molecule has 0 saturated carbocycles. The third-order valence-corrected chi connectivity index (χ3v) is 22.4. The van der Waals surface area contributed by atoms with Crippen molar-refractivity contribution in [1.29, 1.82) is 0 Å². The lowest BCUT2D eigenvalue weighted by atomic mass is 10.2. The van der Waals surface area contributed by atoms with Crippen LogP contribution in [0.1, 0.15) is 97.8 Å². The molecule has 18 nitrogen and oxygen atoms in total. The van der Waals surface area contributed by atoms with E-state index in [9.17, 15) is 19.5 Å². The number of quaternary nitrogens is 6. The first kappa shape index (κ1) is 69.9. The van der Waals surface area contributed by atoms with Gasteiger partial charge in [0.15, 0.2) is 0 Å². The zero-order valence-corrected chi connectivity index (χ0v) is 51.9.